The smallest absolute Gasteiger partial charge is 0.197 e. The average molecular weight is 256 g/mol. The first-order valence-corrected chi connectivity index (χ1v) is 6.00. The Balaban J connectivity index is 2.54. The summed E-state index contributed by atoms with van der Waals surface area (Å²) in [5.74, 6) is 0.967. The van der Waals surface area contributed by atoms with Gasteiger partial charge in [0, 0.05) is 5.56 Å². The zero-order valence-electron chi connectivity index (χ0n) is 11.3. The highest BCUT2D eigenvalue weighted by atomic mass is 16.5. The van der Waals surface area contributed by atoms with Crippen molar-refractivity contribution in [1.82, 2.24) is 0 Å². The molecule has 98 valence electrons. The van der Waals surface area contributed by atoms with E-state index in [1.807, 2.05) is 31.2 Å². The Morgan fingerprint density at radius 2 is 1.58 bits per heavy atom. The van der Waals surface area contributed by atoms with Gasteiger partial charge in [-0.2, -0.15) is 0 Å². The van der Waals surface area contributed by atoms with Crippen molar-refractivity contribution in [3.63, 3.8) is 0 Å². The van der Waals surface area contributed by atoms with Crippen molar-refractivity contribution in [2.45, 2.75) is 6.92 Å². The van der Waals surface area contributed by atoms with E-state index in [0.717, 1.165) is 5.56 Å². The van der Waals surface area contributed by atoms with E-state index in [1.54, 1.807) is 25.3 Å². The van der Waals surface area contributed by atoms with Crippen LogP contribution in [0, 0.1) is 6.92 Å². The molecule has 3 heteroatoms. The lowest BCUT2D eigenvalue weighted by Crippen LogP contribution is -2.06. The largest absolute Gasteiger partial charge is 0.493 e. The number of benzene rings is 2. The molecule has 0 radical (unpaired) electrons. The van der Waals surface area contributed by atoms with Gasteiger partial charge < -0.3 is 9.47 Å². The van der Waals surface area contributed by atoms with Crippen molar-refractivity contribution in [2.24, 2.45) is 0 Å². The molecular weight excluding hydrogens is 240 g/mol. The maximum absolute atomic E-state index is 12.6. The normalized spacial score (nSPS) is 10.1. The summed E-state index contributed by atoms with van der Waals surface area (Å²) in [4.78, 5) is 12.6. The van der Waals surface area contributed by atoms with Gasteiger partial charge in [0.15, 0.2) is 17.3 Å². The standard InChI is InChI=1S/C16H16O3/c1-11-7-4-5-8-12(11)15(17)13-9-6-10-14(18-2)16(13)19-3/h4-10H,1-3H3. The van der Waals surface area contributed by atoms with Gasteiger partial charge in [-0.05, 0) is 24.6 Å². The Morgan fingerprint density at radius 3 is 2.21 bits per heavy atom. The number of hydrogen-bond donors (Lipinski definition) is 0. The zero-order chi connectivity index (χ0) is 13.8. The molecule has 0 atom stereocenters. The Labute approximate surface area is 112 Å². The molecule has 0 aliphatic carbocycles. The summed E-state index contributed by atoms with van der Waals surface area (Å²) in [6.45, 7) is 1.92. The van der Waals surface area contributed by atoms with Crippen LogP contribution in [0.25, 0.3) is 0 Å². The van der Waals surface area contributed by atoms with E-state index in [1.165, 1.54) is 7.11 Å². The molecule has 0 amide bonds. The summed E-state index contributed by atoms with van der Waals surface area (Å²) in [7, 11) is 3.09. The minimum atomic E-state index is -0.0612. The van der Waals surface area contributed by atoms with Crippen LogP contribution in [0.5, 0.6) is 11.5 Å². The topological polar surface area (TPSA) is 35.5 Å². The van der Waals surface area contributed by atoms with Gasteiger partial charge in [0.25, 0.3) is 0 Å². The summed E-state index contributed by atoms with van der Waals surface area (Å²) >= 11 is 0. The number of hydrogen-bond acceptors (Lipinski definition) is 3. The van der Waals surface area contributed by atoms with E-state index in [9.17, 15) is 4.79 Å². The van der Waals surface area contributed by atoms with Gasteiger partial charge in [0.1, 0.15) is 0 Å². The van der Waals surface area contributed by atoms with Gasteiger partial charge in [0.2, 0.25) is 0 Å². The SMILES string of the molecule is COc1cccc(C(=O)c2ccccc2C)c1OC. The molecule has 0 saturated heterocycles. The molecule has 3 nitrogen and oxygen atoms in total. The van der Waals surface area contributed by atoms with Crippen LogP contribution in [-0.4, -0.2) is 20.0 Å². The molecule has 0 aliphatic rings. The highest BCUT2D eigenvalue weighted by molar-refractivity contribution is 6.12. The third kappa shape index (κ3) is 2.45. The molecule has 2 aromatic carbocycles. The molecule has 19 heavy (non-hydrogen) atoms. The predicted octanol–water partition coefficient (Wildman–Crippen LogP) is 3.24. The van der Waals surface area contributed by atoms with E-state index in [0.29, 0.717) is 22.6 Å². The third-order valence-corrected chi connectivity index (χ3v) is 3.04. The van der Waals surface area contributed by atoms with Crippen LogP contribution in [0.4, 0.5) is 0 Å². The van der Waals surface area contributed by atoms with Crippen LogP contribution in [0.15, 0.2) is 42.5 Å². The molecule has 0 heterocycles. The molecule has 0 aliphatic heterocycles. The number of carbonyl (C=O) groups excluding carboxylic acids is 1. The van der Waals surface area contributed by atoms with Crippen LogP contribution < -0.4 is 9.47 Å². The van der Waals surface area contributed by atoms with Crippen LogP contribution in [0.1, 0.15) is 21.5 Å². The number of para-hydroxylation sites is 1. The molecule has 0 aromatic heterocycles. The average Bonchev–Trinajstić information content (AvgIpc) is 2.46. The number of ketones is 1. The molecule has 0 N–H and O–H groups in total. The van der Waals surface area contributed by atoms with Crippen molar-refractivity contribution in [3.05, 3.63) is 59.2 Å². The molecule has 0 bridgehead atoms. The minimum Gasteiger partial charge on any atom is -0.493 e. The minimum absolute atomic E-state index is 0.0612. The Morgan fingerprint density at radius 1 is 0.895 bits per heavy atom. The lowest BCUT2D eigenvalue weighted by molar-refractivity contribution is 0.103. The monoisotopic (exact) mass is 256 g/mol. The van der Waals surface area contributed by atoms with Gasteiger partial charge in [-0.25, -0.2) is 0 Å². The molecule has 2 rings (SSSR count). The first-order valence-electron chi connectivity index (χ1n) is 6.00. The first kappa shape index (κ1) is 13.1. The highest BCUT2D eigenvalue weighted by Gasteiger charge is 2.18. The fraction of sp³-hybridized carbons (Fsp3) is 0.188. The van der Waals surface area contributed by atoms with E-state index < -0.39 is 0 Å². The Kier molecular flexibility index (Phi) is 3.85. The number of rotatable bonds is 4. The van der Waals surface area contributed by atoms with Gasteiger partial charge >= 0.3 is 0 Å². The molecule has 0 fully saturated rings. The van der Waals surface area contributed by atoms with Crippen LogP contribution in [-0.2, 0) is 0 Å². The summed E-state index contributed by atoms with van der Waals surface area (Å²) in [5.41, 5.74) is 2.13. The summed E-state index contributed by atoms with van der Waals surface area (Å²) in [6, 6.07) is 12.8. The fourth-order valence-electron chi connectivity index (χ4n) is 2.04. The van der Waals surface area contributed by atoms with Gasteiger partial charge in [0.05, 0.1) is 19.8 Å². The van der Waals surface area contributed by atoms with E-state index in [4.69, 9.17) is 9.47 Å². The molecule has 0 saturated carbocycles. The van der Waals surface area contributed by atoms with Crippen molar-refractivity contribution in [2.75, 3.05) is 14.2 Å². The molecule has 0 spiro atoms. The molecular formula is C16H16O3. The Hall–Kier alpha value is -2.29. The third-order valence-electron chi connectivity index (χ3n) is 3.04. The first-order chi connectivity index (χ1) is 9.19. The van der Waals surface area contributed by atoms with Crippen LogP contribution >= 0.6 is 0 Å². The van der Waals surface area contributed by atoms with E-state index in [-0.39, 0.29) is 5.78 Å². The number of aryl methyl sites for hydroxylation is 1. The maximum Gasteiger partial charge on any atom is 0.197 e. The van der Waals surface area contributed by atoms with Crippen LogP contribution in [0.3, 0.4) is 0 Å². The van der Waals surface area contributed by atoms with E-state index in [2.05, 4.69) is 0 Å². The summed E-state index contributed by atoms with van der Waals surface area (Å²) < 4.78 is 10.5. The number of carbonyl (C=O) groups is 1. The van der Waals surface area contributed by atoms with Crippen molar-refractivity contribution < 1.29 is 14.3 Å². The second kappa shape index (κ2) is 5.57. The Bertz CT molecular complexity index is 603. The lowest BCUT2D eigenvalue weighted by Gasteiger charge is -2.12. The van der Waals surface area contributed by atoms with E-state index >= 15 is 0 Å². The molecule has 0 unspecified atom stereocenters. The second-order valence-corrected chi connectivity index (χ2v) is 4.19. The zero-order valence-corrected chi connectivity index (χ0v) is 11.3. The van der Waals surface area contributed by atoms with Crippen LogP contribution in [0.2, 0.25) is 0 Å². The second-order valence-electron chi connectivity index (χ2n) is 4.19. The van der Waals surface area contributed by atoms with Crippen molar-refractivity contribution in [3.8, 4) is 11.5 Å². The lowest BCUT2D eigenvalue weighted by atomic mass is 9.98. The summed E-state index contributed by atoms with van der Waals surface area (Å²) in [6.07, 6.45) is 0. The van der Waals surface area contributed by atoms with Gasteiger partial charge in [-0.15, -0.1) is 0 Å². The number of methoxy groups -OCH3 is 2. The van der Waals surface area contributed by atoms with Crippen molar-refractivity contribution >= 4 is 5.78 Å². The van der Waals surface area contributed by atoms with Crippen molar-refractivity contribution in [1.29, 1.82) is 0 Å². The molecule has 2 aromatic rings. The van der Waals surface area contributed by atoms with Gasteiger partial charge in [-0.3, -0.25) is 4.79 Å². The maximum atomic E-state index is 12.6. The highest BCUT2D eigenvalue weighted by Crippen LogP contribution is 2.32. The number of ether oxygens (including phenoxy) is 2. The predicted molar refractivity (Wildman–Crippen MR) is 74.2 cm³/mol. The quantitative estimate of drug-likeness (QED) is 0.788. The van der Waals surface area contributed by atoms with Gasteiger partial charge in [-0.1, -0.05) is 30.3 Å². The summed E-state index contributed by atoms with van der Waals surface area (Å²) in [5, 5.41) is 0. The fourth-order valence-corrected chi connectivity index (χ4v) is 2.04.